The lowest BCUT2D eigenvalue weighted by Crippen LogP contribution is -2.25. The van der Waals surface area contributed by atoms with Crippen LogP contribution in [-0.2, 0) is 6.42 Å². The Labute approximate surface area is 240 Å². The normalized spacial score (nSPS) is 16.4. The predicted octanol–water partition coefficient (Wildman–Crippen LogP) is 11.0. The molecule has 0 saturated carbocycles. The number of nitrogens with zero attached hydrogens (tertiary/aromatic N) is 1. The lowest BCUT2D eigenvalue weighted by Gasteiger charge is -2.32. The molecule has 2 atom stereocenters. The Morgan fingerprint density at radius 2 is 1.57 bits per heavy atom. The minimum Gasteiger partial charge on any atom is -0.338 e. The molecular weight excluding hydrogens is 489 g/mol. The highest BCUT2D eigenvalue weighted by atomic mass is 19.1. The number of halogens is 1. The summed E-state index contributed by atoms with van der Waals surface area (Å²) < 4.78 is 13.3. The minimum atomic E-state index is -0.170. The standard InChI is InChI=1S/C36H36FN.C2H6/c1-4-28-12-10-14-30(25-28)31-19-22-35(26(2)23-31)36-32(13-9-8-11-29-17-20-33(37)21-18-29)24-27(3)38(36)34-15-6-5-7-16-34;1-2/h4-7,10,12,14-23,25,32,36H,1,3,8-9,11,13,24H2,2H3;1-2H3/t32-,36?;/m0./s1. The topological polar surface area (TPSA) is 3.24 Å². The van der Waals surface area contributed by atoms with E-state index in [0.717, 1.165) is 37.7 Å². The van der Waals surface area contributed by atoms with Crippen LogP contribution in [0.2, 0.25) is 0 Å². The highest BCUT2D eigenvalue weighted by molar-refractivity contribution is 5.69. The first-order chi connectivity index (χ1) is 19.5. The van der Waals surface area contributed by atoms with E-state index in [2.05, 4.69) is 97.8 Å². The van der Waals surface area contributed by atoms with E-state index in [0.29, 0.717) is 5.92 Å². The van der Waals surface area contributed by atoms with Gasteiger partial charge in [0.15, 0.2) is 0 Å². The molecule has 0 N–H and O–H groups in total. The van der Waals surface area contributed by atoms with Crippen molar-refractivity contribution in [1.29, 1.82) is 0 Å². The lowest BCUT2D eigenvalue weighted by atomic mass is 9.85. The first-order valence-corrected chi connectivity index (χ1v) is 14.6. The Morgan fingerprint density at radius 3 is 2.27 bits per heavy atom. The fourth-order valence-electron chi connectivity index (χ4n) is 5.92. The SMILES string of the molecule is C=Cc1cccc(-c2ccc(C3[C@@H](CCCCc4ccc(F)cc4)CC(=C)N3c3ccccc3)c(C)c2)c1.CC. The van der Waals surface area contributed by atoms with Crippen LogP contribution in [0.4, 0.5) is 10.1 Å². The Bertz CT molecular complexity index is 1400. The van der Waals surface area contributed by atoms with Gasteiger partial charge in [0.25, 0.3) is 0 Å². The first-order valence-electron chi connectivity index (χ1n) is 14.6. The molecule has 0 amide bonds. The molecular formula is C38H42FN. The maximum absolute atomic E-state index is 13.3. The molecule has 1 nitrogen and oxygen atoms in total. The van der Waals surface area contributed by atoms with Crippen LogP contribution in [0.15, 0.2) is 116 Å². The quantitative estimate of drug-likeness (QED) is 0.194. The van der Waals surface area contributed by atoms with E-state index in [1.807, 2.05) is 32.1 Å². The van der Waals surface area contributed by atoms with Gasteiger partial charge in [-0.05, 0) is 102 Å². The molecule has 4 aromatic carbocycles. The van der Waals surface area contributed by atoms with E-state index < -0.39 is 0 Å². The van der Waals surface area contributed by atoms with Crippen molar-refractivity contribution in [2.24, 2.45) is 5.92 Å². The Kier molecular flexibility index (Phi) is 10.1. The van der Waals surface area contributed by atoms with Crippen LogP contribution in [0.3, 0.4) is 0 Å². The number of anilines is 1. The largest absolute Gasteiger partial charge is 0.338 e. The zero-order valence-electron chi connectivity index (χ0n) is 24.2. The van der Waals surface area contributed by atoms with Crippen LogP contribution in [0, 0.1) is 18.7 Å². The maximum atomic E-state index is 13.3. The van der Waals surface area contributed by atoms with Crippen molar-refractivity contribution >= 4 is 11.8 Å². The van der Waals surface area contributed by atoms with Gasteiger partial charge in [-0.1, -0.05) is 106 Å². The number of unbranched alkanes of at least 4 members (excludes halogenated alkanes) is 1. The van der Waals surface area contributed by atoms with Gasteiger partial charge in [-0.25, -0.2) is 4.39 Å². The van der Waals surface area contributed by atoms with Gasteiger partial charge >= 0.3 is 0 Å². The smallest absolute Gasteiger partial charge is 0.123 e. The molecule has 1 aliphatic rings. The second-order valence-corrected chi connectivity index (χ2v) is 10.5. The molecule has 1 aliphatic heterocycles. The summed E-state index contributed by atoms with van der Waals surface area (Å²) in [6, 6.07) is 33.3. The van der Waals surface area contributed by atoms with Crippen molar-refractivity contribution < 1.29 is 4.39 Å². The maximum Gasteiger partial charge on any atom is 0.123 e. The van der Waals surface area contributed by atoms with Gasteiger partial charge in [-0.3, -0.25) is 0 Å². The zero-order chi connectivity index (χ0) is 28.5. The van der Waals surface area contributed by atoms with Gasteiger partial charge in [0.2, 0.25) is 0 Å². The Morgan fingerprint density at radius 1 is 0.850 bits per heavy atom. The van der Waals surface area contributed by atoms with Gasteiger partial charge in [0.05, 0.1) is 6.04 Å². The summed E-state index contributed by atoms with van der Waals surface area (Å²) in [4.78, 5) is 2.46. The Balaban J connectivity index is 0.00000181. The van der Waals surface area contributed by atoms with Gasteiger partial charge in [0, 0.05) is 11.4 Å². The van der Waals surface area contributed by atoms with Crippen molar-refractivity contribution in [3.8, 4) is 11.1 Å². The second-order valence-electron chi connectivity index (χ2n) is 10.5. The lowest BCUT2D eigenvalue weighted by molar-refractivity contribution is 0.429. The highest BCUT2D eigenvalue weighted by Crippen LogP contribution is 2.48. The van der Waals surface area contributed by atoms with Crippen LogP contribution < -0.4 is 4.90 Å². The van der Waals surface area contributed by atoms with Crippen LogP contribution >= 0.6 is 0 Å². The highest BCUT2D eigenvalue weighted by Gasteiger charge is 2.38. The van der Waals surface area contributed by atoms with Gasteiger partial charge in [-0.15, -0.1) is 0 Å². The van der Waals surface area contributed by atoms with Crippen LogP contribution in [0.5, 0.6) is 0 Å². The van der Waals surface area contributed by atoms with Crippen molar-refractivity contribution in [3.63, 3.8) is 0 Å². The Hall–Kier alpha value is -3.91. The summed E-state index contributed by atoms with van der Waals surface area (Å²) in [7, 11) is 0. The van der Waals surface area contributed by atoms with Crippen molar-refractivity contribution in [2.75, 3.05) is 4.90 Å². The number of allylic oxidation sites excluding steroid dienone is 1. The molecule has 40 heavy (non-hydrogen) atoms. The van der Waals surface area contributed by atoms with Crippen molar-refractivity contribution in [2.45, 2.75) is 58.9 Å². The summed E-state index contributed by atoms with van der Waals surface area (Å²) in [5.41, 5.74) is 9.86. The number of rotatable bonds is 9. The van der Waals surface area contributed by atoms with Gasteiger partial charge in [0.1, 0.15) is 5.82 Å². The number of para-hydroxylation sites is 1. The van der Waals surface area contributed by atoms with Crippen LogP contribution in [0.1, 0.15) is 67.8 Å². The molecule has 0 spiro atoms. The van der Waals surface area contributed by atoms with E-state index in [-0.39, 0.29) is 11.9 Å². The average molecular weight is 532 g/mol. The molecule has 1 heterocycles. The molecule has 1 saturated heterocycles. The van der Waals surface area contributed by atoms with E-state index >= 15 is 0 Å². The average Bonchev–Trinajstić information content (AvgIpc) is 3.33. The summed E-state index contributed by atoms with van der Waals surface area (Å²) >= 11 is 0. The van der Waals surface area contributed by atoms with E-state index in [9.17, 15) is 4.39 Å². The van der Waals surface area contributed by atoms with E-state index in [1.165, 1.54) is 39.2 Å². The molecule has 0 aliphatic carbocycles. The first kappa shape index (κ1) is 29.1. The fraction of sp³-hybridized carbons (Fsp3) is 0.263. The molecule has 206 valence electrons. The molecule has 2 heteroatoms. The summed E-state index contributed by atoms with van der Waals surface area (Å²) in [6.45, 7) is 14.7. The zero-order valence-corrected chi connectivity index (χ0v) is 24.2. The predicted molar refractivity (Wildman–Crippen MR) is 171 cm³/mol. The number of aryl methyl sites for hydroxylation is 2. The van der Waals surface area contributed by atoms with Gasteiger partial charge in [-0.2, -0.15) is 0 Å². The molecule has 0 aromatic heterocycles. The number of hydrogen-bond acceptors (Lipinski definition) is 1. The molecule has 1 fully saturated rings. The number of benzene rings is 4. The summed E-state index contributed by atoms with van der Waals surface area (Å²) in [6.07, 6.45) is 7.26. The van der Waals surface area contributed by atoms with Crippen LogP contribution in [-0.4, -0.2) is 0 Å². The summed E-state index contributed by atoms with van der Waals surface area (Å²) in [5.74, 6) is 0.321. The van der Waals surface area contributed by atoms with Gasteiger partial charge < -0.3 is 4.90 Å². The third-order valence-corrected chi connectivity index (χ3v) is 7.85. The van der Waals surface area contributed by atoms with Crippen LogP contribution in [0.25, 0.3) is 17.2 Å². The third kappa shape index (κ3) is 6.80. The van der Waals surface area contributed by atoms with Crippen molar-refractivity contribution in [1.82, 2.24) is 0 Å². The molecule has 1 unspecified atom stereocenters. The third-order valence-electron chi connectivity index (χ3n) is 7.85. The van der Waals surface area contributed by atoms with Crippen molar-refractivity contribution in [3.05, 3.63) is 144 Å². The second kappa shape index (κ2) is 13.9. The fourth-order valence-corrected chi connectivity index (χ4v) is 5.92. The monoisotopic (exact) mass is 531 g/mol. The van der Waals surface area contributed by atoms with E-state index in [1.54, 1.807) is 12.1 Å². The number of hydrogen-bond donors (Lipinski definition) is 0. The van der Waals surface area contributed by atoms with E-state index in [4.69, 9.17) is 0 Å². The molecule has 0 radical (unpaired) electrons. The molecule has 5 rings (SSSR count). The minimum absolute atomic E-state index is 0.170. The summed E-state index contributed by atoms with van der Waals surface area (Å²) in [5, 5.41) is 0. The molecule has 4 aromatic rings. The molecule has 0 bridgehead atoms.